The highest BCUT2D eigenvalue weighted by molar-refractivity contribution is 9.10. The number of nitrogens with two attached hydrogens (primary N) is 1. The van der Waals surface area contributed by atoms with E-state index in [1.54, 1.807) is 7.11 Å². The van der Waals surface area contributed by atoms with Crippen molar-refractivity contribution in [3.63, 3.8) is 0 Å². The number of hydrogen-bond acceptors (Lipinski definition) is 3. The molecule has 1 heterocycles. The average molecular weight is 355 g/mol. The molecule has 1 saturated heterocycles. The van der Waals surface area contributed by atoms with Crippen LogP contribution in [0.5, 0.6) is 5.75 Å². The molecule has 1 aliphatic heterocycles. The van der Waals surface area contributed by atoms with Crippen molar-refractivity contribution in [1.29, 1.82) is 0 Å². The Morgan fingerprint density at radius 2 is 2.19 bits per heavy atom. The van der Waals surface area contributed by atoms with Crippen LogP contribution >= 0.6 is 15.9 Å². The predicted octanol–water partition coefficient (Wildman–Crippen LogP) is 3.97. The zero-order valence-electron chi connectivity index (χ0n) is 13.1. The predicted molar refractivity (Wildman–Crippen MR) is 91.7 cm³/mol. The second kappa shape index (κ2) is 8.16. The number of hydrogen-bond donors (Lipinski definition) is 1. The maximum Gasteiger partial charge on any atom is 0.133 e. The summed E-state index contributed by atoms with van der Waals surface area (Å²) in [7, 11) is 1.71. The quantitative estimate of drug-likeness (QED) is 0.869. The smallest absolute Gasteiger partial charge is 0.133 e. The summed E-state index contributed by atoms with van der Waals surface area (Å²) in [5.74, 6) is 1.43. The van der Waals surface area contributed by atoms with Crippen molar-refractivity contribution < 1.29 is 4.74 Å². The van der Waals surface area contributed by atoms with E-state index in [-0.39, 0.29) is 0 Å². The summed E-state index contributed by atoms with van der Waals surface area (Å²) in [6.45, 7) is 5.33. The average Bonchev–Trinajstić information content (AvgIpc) is 2.69. The Morgan fingerprint density at radius 1 is 1.38 bits per heavy atom. The van der Waals surface area contributed by atoms with E-state index >= 15 is 0 Å². The first-order chi connectivity index (χ1) is 10.2. The molecule has 0 aliphatic carbocycles. The second-order valence-corrected chi connectivity index (χ2v) is 6.72. The van der Waals surface area contributed by atoms with Crippen molar-refractivity contribution in [2.24, 2.45) is 11.7 Å². The molecule has 4 heteroatoms. The number of methoxy groups -OCH3 is 1. The molecule has 0 spiro atoms. The van der Waals surface area contributed by atoms with Gasteiger partial charge in [-0.25, -0.2) is 0 Å². The van der Waals surface area contributed by atoms with Gasteiger partial charge in [-0.3, -0.25) is 4.90 Å². The monoisotopic (exact) mass is 354 g/mol. The van der Waals surface area contributed by atoms with Gasteiger partial charge in [0.2, 0.25) is 0 Å². The fourth-order valence-corrected chi connectivity index (χ4v) is 4.01. The van der Waals surface area contributed by atoms with E-state index < -0.39 is 0 Å². The summed E-state index contributed by atoms with van der Waals surface area (Å²) in [5.41, 5.74) is 7.44. The molecular formula is C17H27BrN2O. The van der Waals surface area contributed by atoms with Crippen LogP contribution in [-0.4, -0.2) is 31.6 Å². The Labute approximate surface area is 137 Å². The summed E-state index contributed by atoms with van der Waals surface area (Å²) in [4.78, 5) is 2.62. The van der Waals surface area contributed by atoms with E-state index in [1.807, 2.05) is 0 Å². The van der Waals surface area contributed by atoms with Gasteiger partial charge in [0, 0.05) is 6.04 Å². The molecular weight excluding hydrogens is 328 g/mol. The molecule has 21 heavy (non-hydrogen) atoms. The summed E-state index contributed by atoms with van der Waals surface area (Å²) in [5, 5.41) is 0. The highest BCUT2D eigenvalue weighted by Crippen LogP contribution is 2.37. The number of benzene rings is 1. The zero-order chi connectivity index (χ0) is 15.2. The molecule has 118 valence electrons. The van der Waals surface area contributed by atoms with Gasteiger partial charge in [-0.15, -0.1) is 0 Å². The molecule has 0 saturated carbocycles. The Bertz CT molecular complexity index is 452. The SMILES string of the molecule is CCCN1CCCCC(CN)C1c1ccc(OC)c(Br)c1. The largest absolute Gasteiger partial charge is 0.496 e. The first kappa shape index (κ1) is 16.8. The lowest BCUT2D eigenvalue weighted by Crippen LogP contribution is -2.36. The van der Waals surface area contributed by atoms with Crippen molar-refractivity contribution in [3.05, 3.63) is 28.2 Å². The highest BCUT2D eigenvalue weighted by atomic mass is 79.9. The van der Waals surface area contributed by atoms with E-state index in [4.69, 9.17) is 10.5 Å². The van der Waals surface area contributed by atoms with Gasteiger partial charge in [0.1, 0.15) is 5.75 Å². The second-order valence-electron chi connectivity index (χ2n) is 5.87. The molecule has 0 radical (unpaired) electrons. The lowest BCUT2D eigenvalue weighted by atomic mass is 9.89. The van der Waals surface area contributed by atoms with Crippen molar-refractivity contribution >= 4 is 15.9 Å². The molecule has 0 aromatic heterocycles. The summed E-state index contributed by atoms with van der Waals surface area (Å²) in [6, 6.07) is 6.90. The Morgan fingerprint density at radius 3 is 2.81 bits per heavy atom. The van der Waals surface area contributed by atoms with Crippen LogP contribution < -0.4 is 10.5 Å². The molecule has 1 aliphatic rings. The summed E-state index contributed by atoms with van der Waals surface area (Å²) < 4.78 is 6.38. The molecule has 3 nitrogen and oxygen atoms in total. The lowest BCUT2D eigenvalue weighted by Gasteiger charge is -2.35. The first-order valence-corrected chi connectivity index (χ1v) is 8.78. The van der Waals surface area contributed by atoms with Crippen LogP contribution in [0.2, 0.25) is 0 Å². The van der Waals surface area contributed by atoms with Crippen molar-refractivity contribution in [3.8, 4) is 5.75 Å². The van der Waals surface area contributed by atoms with Crippen LogP contribution in [0.25, 0.3) is 0 Å². The van der Waals surface area contributed by atoms with Gasteiger partial charge in [-0.1, -0.05) is 19.4 Å². The van der Waals surface area contributed by atoms with Gasteiger partial charge in [-0.05, 0) is 78.4 Å². The fourth-order valence-electron chi connectivity index (χ4n) is 3.45. The van der Waals surface area contributed by atoms with Crippen LogP contribution in [0.1, 0.15) is 44.2 Å². The van der Waals surface area contributed by atoms with Gasteiger partial charge < -0.3 is 10.5 Å². The van der Waals surface area contributed by atoms with Gasteiger partial charge in [-0.2, -0.15) is 0 Å². The minimum absolute atomic E-state index is 0.430. The first-order valence-electron chi connectivity index (χ1n) is 7.98. The van der Waals surface area contributed by atoms with Crippen LogP contribution in [0, 0.1) is 5.92 Å². The van der Waals surface area contributed by atoms with E-state index in [9.17, 15) is 0 Å². The maximum atomic E-state index is 6.09. The maximum absolute atomic E-state index is 6.09. The molecule has 0 bridgehead atoms. The number of ether oxygens (including phenoxy) is 1. The number of nitrogens with zero attached hydrogens (tertiary/aromatic N) is 1. The van der Waals surface area contributed by atoms with Crippen molar-refractivity contribution in [1.82, 2.24) is 4.90 Å². The minimum Gasteiger partial charge on any atom is -0.496 e. The topological polar surface area (TPSA) is 38.5 Å². The fraction of sp³-hybridized carbons (Fsp3) is 0.647. The van der Waals surface area contributed by atoms with Gasteiger partial charge >= 0.3 is 0 Å². The van der Waals surface area contributed by atoms with Crippen molar-refractivity contribution in [2.75, 3.05) is 26.7 Å². The third-order valence-corrected chi connectivity index (χ3v) is 5.06. The van der Waals surface area contributed by atoms with Crippen LogP contribution in [0.15, 0.2) is 22.7 Å². The number of halogens is 1. The highest BCUT2D eigenvalue weighted by Gasteiger charge is 2.30. The van der Waals surface area contributed by atoms with Gasteiger partial charge in [0.25, 0.3) is 0 Å². The zero-order valence-corrected chi connectivity index (χ0v) is 14.7. The van der Waals surface area contributed by atoms with Gasteiger partial charge in [0.15, 0.2) is 0 Å². The molecule has 1 aromatic rings. The normalized spacial score (nSPS) is 23.8. The Balaban J connectivity index is 2.34. The minimum atomic E-state index is 0.430. The molecule has 0 amide bonds. The number of rotatable bonds is 5. The van der Waals surface area contributed by atoms with E-state index in [2.05, 4.69) is 46.0 Å². The van der Waals surface area contributed by atoms with E-state index in [1.165, 1.54) is 37.8 Å². The van der Waals surface area contributed by atoms with Crippen molar-refractivity contribution in [2.45, 2.75) is 38.6 Å². The lowest BCUT2D eigenvalue weighted by molar-refractivity contribution is 0.158. The molecule has 1 fully saturated rings. The standard InChI is InChI=1S/C17H27BrN2O/c1-3-9-20-10-5-4-6-14(12-19)17(20)13-7-8-16(21-2)15(18)11-13/h7-8,11,14,17H,3-6,9-10,12,19H2,1-2H3. The van der Waals surface area contributed by atoms with E-state index in [0.29, 0.717) is 12.0 Å². The third-order valence-electron chi connectivity index (χ3n) is 4.44. The summed E-state index contributed by atoms with van der Waals surface area (Å²) >= 11 is 3.62. The number of likely N-dealkylation sites (tertiary alicyclic amines) is 1. The van der Waals surface area contributed by atoms with Crippen LogP contribution in [-0.2, 0) is 0 Å². The molecule has 1 aromatic carbocycles. The Hall–Kier alpha value is -0.580. The van der Waals surface area contributed by atoms with E-state index in [0.717, 1.165) is 23.3 Å². The van der Waals surface area contributed by atoms with Gasteiger partial charge in [0.05, 0.1) is 11.6 Å². The Kier molecular flexibility index (Phi) is 6.52. The van der Waals surface area contributed by atoms with Crippen LogP contribution in [0.4, 0.5) is 0 Å². The molecule has 2 unspecified atom stereocenters. The molecule has 2 N–H and O–H groups in total. The summed E-state index contributed by atoms with van der Waals surface area (Å²) in [6.07, 6.45) is 4.98. The third kappa shape index (κ3) is 3.99. The molecule has 2 rings (SSSR count). The van der Waals surface area contributed by atoms with Crippen LogP contribution in [0.3, 0.4) is 0 Å². The molecule has 2 atom stereocenters.